The Labute approximate surface area is 178 Å². The number of Topliss-reactive ketones (excluding diaryl/α,β-unsaturated/α-hetero) is 1. The number of alkyl halides is 1. The Morgan fingerprint density at radius 1 is 1.32 bits per heavy atom. The van der Waals surface area contributed by atoms with E-state index in [0.717, 1.165) is 24.1 Å². The topological polar surface area (TPSA) is 125 Å². The summed E-state index contributed by atoms with van der Waals surface area (Å²) in [6, 6.07) is 6.01. The molecule has 9 nitrogen and oxygen atoms in total. The number of carbonyl (C=O) groups is 4. The molecule has 0 radical (unpaired) electrons. The number of nitrogens with one attached hydrogen (secondary N) is 1. The molecule has 0 saturated heterocycles. The van der Waals surface area contributed by atoms with Gasteiger partial charge >= 0.3 is 5.97 Å². The van der Waals surface area contributed by atoms with Crippen LogP contribution in [0.5, 0.6) is 0 Å². The number of oxime groups is 1. The third-order valence-corrected chi connectivity index (χ3v) is 5.58. The van der Waals surface area contributed by atoms with Crippen LogP contribution in [0.4, 0.5) is 10.1 Å². The molecule has 31 heavy (non-hydrogen) atoms. The maximum absolute atomic E-state index is 13.1. The molecule has 2 unspecified atom stereocenters. The van der Waals surface area contributed by atoms with Crippen molar-refractivity contribution in [3.05, 3.63) is 29.8 Å². The van der Waals surface area contributed by atoms with E-state index in [2.05, 4.69) is 10.5 Å². The third kappa shape index (κ3) is 4.57. The summed E-state index contributed by atoms with van der Waals surface area (Å²) in [7, 11) is 0. The van der Waals surface area contributed by atoms with Crippen LogP contribution in [0.15, 0.2) is 29.4 Å². The molecule has 1 aromatic carbocycles. The van der Waals surface area contributed by atoms with Crippen molar-refractivity contribution in [3.63, 3.8) is 0 Å². The second kappa shape index (κ2) is 9.23. The van der Waals surface area contributed by atoms with Gasteiger partial charge in [-0.15, -0.1) is 0 Å². The van der Waals surface area contributed by atoms with Crippen LogP contribution in [0, 0.1) is 0 Å². The Balaban J connectivity index is 1.74. The zero-order valence-corrected chi connectivity index (χ0v) is 17.1. The van der Waals surface area contributed by atoms with Gasteiger partial charge < -0.3 is 20.2 Å². The van der Waals surface area contributed by atoms with Gasteiger partial charge in [-0.05, 0) is 30.9 Å². The fraction of sp³-hybridized carbons (Fsp3) is 0.476. The molecule has 10 heteroatoms. The van der Waals surface area contributed by atoms with Gasteiger partial charge in [0.05, 0.1) is 12.8 Å². The maximum atomic E-state index is 13.1. The molecular weight excluding hydrogens is 409 g/mol. The van der Waals surface area contributed by atoms with Crippen molar-refractivity contribution in [3.8, 4) is 0 Å². The number of carboxylic acid groups (broad SMARTS) is 1. The number of aryl methyl sites for hydroxylation is 1. The average Bonchev–Trinajstić information content (AvgIpc) is 3.23. The minimum atomic E-state index is -1.58. The first kappa shape index (κ1) is 22.4. The molecular formula is C21H24FN3O6. The molecule has 0 aliphatic carbocycles. The van der Waals surface area contributed by atoms with E-state index in [1.807, 2.05) is 24.3 Å². The summed E-state index contributed by atoms with van der Waals surface area (Å²) in [6.45, 7) is 0.737. The van der Waals surface area contributed by atoms with Crippen LogP contribution in [0.1, 0.15) is 38.2 Å². The predicted molar refractivity (Wildman–Crippen MR) is 108 cm³/mol. The maximum Gasteiger partial charge on any atom is 0.305 e. The van der Waals surface area contributed by atoms with Crippen molar-refractivity contribution in [2.75, 3.05) is 18.1 Å². The van der Waals surface area contributed by atoms with Gasteiger partial charge in [0.2, 0.25) is 5.60 Å². The SMILES string of the molecule is CCC1(C(=O)NC(CC(=O)O)C(=O)CF)CC(C(=O)N2CCCc3ccccc32)=NO1. The quantitative estimate of drug-likeness (QED) is 0.638. The van der Waals surface area contributed by atoms with Gasteiger partial charge in [-0.1, -0.05) is 30.3 Å². The van der Waals surface area contributed by atoms with E-state index in [1.54, 1.807) is 11.8 Å². The second-order valence-electron chi connectivity index (χ2n) is 7.57. The van der Waals surface area contributed by atoms with Crippen molar-refractivity contribution < 1.29 is 33.5 Å². The van der Waals surface area contributed by atoms with E-state index in [9.17, 15) is 23.6 Å². The number of anilines is 1. The van der Waals surface area contributed by atoms with E-state index in [0.29, 0.717) is 6.54 Å². The van der Waals surface area contributed by atoms with Gasteiger partial charge in [-0.2, -0.15) is 0 Å². The highest BCUT2D eigenvalue weighted by atomic mass is 19.1. The Kier molecular flexibility index (Phi) is 6.67. The zero-order chi connectivity index (χ0) is 22.6. The van der Waals surface area contributed by atoms with Gasteiger partial charge in [0.25, 0.3) is 11.8 Å². The molecule has 0 saturated carbocycles. The molecule has 2 atom stereocenters. The normalized spacial score (nSPS) is 20.8. The van der Waals surface area contributed by atoms with E-state index >= 15 is 0 Å². The molecule has 2 amide bonds. The van der Waals surface area contributed by atoms with Gasteiger partial charge in [0, 0.05) is 12.2 Å². The summed E-state index contributed by atoms with van der Waals surface area (Å²) in [6.07, 6.45) is 0.859. The van der Waals surface area contributed by atoms with Crippen LogP contribution in [-0.4, -0.2) is 59.2 Å². The zero-order valence-electron chi connectivity index (χ0n) is 17.1. The van der Waals surface area contributed by atoms with Crippen molar-refractivity contribution in [1.29, 1.82) is 0 Å². The van der Waals surface area contributed by atoms with Crippen LogP contribution in [0.2, 0.25) is 0 Å². The van der Waals surface area contributed by atoms with Crippen LogP contribution in [0.3, 0.4) is 0 Å². The molecule has 2 aliphatic rings. The molecule has 3 rings (SSSR count). The number of aliphatic carboxylic acids is 1. The number of nitrogens with zero attached hydrogens (tertiary/aromatic N) is 2. The number of halogens is 1. The summed E-state index contributed by atoms with van der Waals surface area (Å²) in [5.41, 5.74) is 0.311. The smallest absolute Gasteiger partial charge is 0.305 e. The number of carbonyl (C=O) groups excluding carboxylic acids is 3. The fourth-order valence-corrected chi connectivity index (χ4v) is 3.77. The lowest BCUT2D eigenvalue weighted by Gasteiger charge is -2.29. The number of rotatable bonds is 8. The molecule has 0 bridgehead atoms. The van der Waals surface area contributed by atoms with Gasteiger partial charge in [-0.3, -0.25) is 19.2 Å². The van der Waals surface area contributed by atoms with Gasteiger partial charge in [0.15, 0.2) is 5.78 Å². The Morgan fingerprint density at radius 2 is 2.06 bits per heavy atom. The van der Waals surface area contributed by atoms with Gasteiger partial charge in [-0.25, -0.2) is 4.39 Å². The molecule has 0 fully saturated rings. The number of amides is 2. The van der Waals surface area contributed by atoms with Crippen molar-refractivity contribution in [2.24, 2.45) is 5.16 Å². The summed E-state index contributed by atoms with van der Waals surface area (Å²) < 4.78 is 12.8. The van der Waals surface area contributed by atoms with Crippen molar-refractivity contribution in [1.82, 2.24) is 5.32 Å². The Hall–Kier alpha value is -3.30. The van der Waals surface area contributed by atoms with E-state index in [1.165, 1.54) is 0 Å². The summed E-state index contributed by atoms with van der Waals surface area (Å²) in [5, 5.41) is 15.0. The number of carboxylic acids is 1. The van der Waals surface area contributed by atoms with Crippen molar-refractivity contribution >= 4 is 35.0 Å². The number of hydrogen-bond acceptors (Lipinski definition) is 6. The van der Waals surface area contributed by atoms with Crippen molar-refractivity contribution in [2.45, 2.75) is 50.7 Å². The fourth-order valence-electron chi connectivity index (χ4n) is 3.77. The van der Waals surface area contributed by atoms with E-state index < -0.39 is 42.4 Å². The first-order chi connectivity index (χ1) is 14.8. The van der Waals surface area contributed by atoms with Crippen LogP contribution < -0.4 is 10.2 Å². The first-order valence-electron chi connectivity index (χ1n) is 10.1. The minimum Gasteiger partial charge on any atom is -0.481 e. The second-order valence-corrected chi connectivity index (χ2v) is 7.57. The number of benzene rings is 1. The summed E-state index contributed by atoms with van der Waals surface area (Å²) in [4.78, 5) is 55.6. The summed E-state index contributed by atoms with van der Waals surface area (Å²) >= 11 is 0. The molecule has 1 aromatic rings. The lowest BCUT2D eigenvalue weighted by Crippen LogP contribution is -2.53. The predicted octanol–water partition coefficient (Wildman–Crippen LogP) is 1.39. The Bertz CT molecular complexity index is 933. The van der Waals surface area contributed by atoms with Crippen LogP contribution in [-0.2, 0) is 30.4 Å². The Morgan fingerprint density at radius 3 is 2.74 bits per heavy atom. The molecule has 166 valence electrons. The largest absolute Gasteiger partial charge is 0.481 e. The number of hydrogen-bond donors (Lipinski definition) is 2. The molecule has 2 heterocycles. The average molecular weight is 433 g/mol. The first-order valence-corrected chi connectivity index (χ1v) is 10.1. The third-order valence-electron chi connectivity index (χ3n) is 5.58. The minimum absolute atomic E-state index is 0.0558. The molecule has 2 N–H and O–H groups in total. The highest BCUT2D eigenvalue weighted by Crippen LogP contribution is 2.32. The standard InChI is InChI=1S/C21H24FN3O6/c1-2-21(20(30)23-14(10-18(27)28)17(26)12-22)11-15(24-31-21)19(29)25-9-5-7-13-6-3-4-8-16(13)25/h3-4,6,8,14H,2,5,7,9-12H2,1H3,(H,23,30)(H,27,28). The van der Waals surface area contributed by atoms with E-state index in [-0.39, 0.29) is 24.5 Å². The summed E-state index contributed by atoms with van der Waals surface area (Å²) in [5.74, 6) is -3.60. The monoisotopic (exact) mass is 433 g/mol. The number of para-hydroxylation sites is 1. The number of fused-ring (bicyclic) bond motifs is 1. The lowest BCUT2D eigenvalue weighted by atomic mass is 9.91. The van der Waals surface area contributed by atoms with Crippen LogP contribution >= 0.6 is 0 Å². The van der Waals surface area contributed by atoms with Gasteiger partial charge in [0.1, 0.15) is 18.4 Å². The van der Waals surface area contributed by atoms with Crippen LogP contribution in [0.25, 0.3) is 0 Å². The molecule has 0 aromatic heterocycles. The lowest BCUT2D eigenvalue weighted by molar-refractivity contribution is -0.148. The highest BCUT2D eigenvalue weighted by molar-refractivity contribution is 6.44. The molecule has 0 spiro atoms. The molecule has 2 aliphatic heterocycles. The highest BCUT2D eigenvalue weighted by Gasteiger charge is 2.48. The number of ketones is 1. The van der Waals surface area contributed by atoms with E-state index in [4.69, 9.17) is 9.94 Å².